The Morgan fingerprint density at radius 2 is 2.00 bits per heavy atom. The molecule has 1 saturated heterocycles. The van der Waals surface area contributed by atoms with Crippen molar-refractivity contribution in [2.75, 3.05) is 0 Å². The fourth-order valence-corrected chi connectivity index (χ4v) is 3.56. The number of hydrogen-bond acceptors (Lipinski definition) is 4. The van der Waals surface area contributed by atoms with Crippen LogP contribution in [0.4, 0.5) is 13.2 Å². The van der Waals surface area contributed by atoms with Crippen molar-refractivity contribution in [3.05, 3.63) is 71.1 Å². The first-order valence-corrected chi connectivity index (χ1v) is 9.32. The highest BCUT2D eigenvalue weighted by Crippen LogP contribution is 2.30. The van der Waals surface area contributed by atoms with E-state index in [9.17, 15) is 22.8 Å². The summed E-state index contributed by atoms with van der Waals surface area (Å²) in [5, 5.41) is 3.14. The van der Waals surface area contributed by atoms with Gasteiger partial charge in [-0.05, 0) is 35.9 Å². The summed E-state index contributed by atoms with van der Waals surface area (Å²) in [7, 11) is 0. The maximum absolute atomic E-state index is 13.0. The molecule has 1 fully saturated rings. The van der Waals surface area contributed by atoms with Gasteiger partial charge in [-0.1, -0.05) is 24.4 Å². The van der Waals surface area contributed by atoms with Crippen molar-refractivity contribution in [1.82, 2.24) is 14.9 Å². The van der Waals surface area contributed by atoms with Gasteiger partial charge in [0.1, 0.15) is 5.65 Å². The normalized spacial score (nSPS) is 16.4. The highest BCUT2D eigenvalue weighted by Gasteiger charge is 2.30. The monoisotopic (exact) mass is 429 g/mol. The summed E-state index contributed by atoms with van der Waals surface area (Å²) in [5.74, 6) is -0.953. The van der Waals surface area contributed by atoms with Crippen LogP contribution < -0.4 is 5.32 Å². The van der Waals surface area contributed by atoms with Crippen LogP contribution in [0.1, 0.15) is 23.1 Å². The molecule has 152 valence electrons. The lowest BCUT2D eigenvalue weighted by atomic mass is 10.0. The maximum atomic E-state index is 13.0. The Bertz CT molecular complexity index is 1210. The molecule has 2 aromatic heterocycles. The van der Waals surface area contributed by atoms with E-state index < -0.39 is 17.6 Å². The van der Waals surface area contributed by atoms with Crippen molar-refractivity contribution in [3.8, 4) is 0 Å². The quantitative estimate of drug-likeness (QED) is 0.390. The van der Waals surface area contributed by atoms with E-state index in [4.69, 9.17) is 12.2 Å². The number of ketones is 1. The molecule has 0 bridgehead atoms. The van der Waals surface area contributed by atoms with Gasteiger partial charge in [0.25, 0.3) is 5.91 Å². The van der Waals surface area contributed by atoms with Gasteiger partial charge in [0.15, 0.2) is 5.78 Å². The minimum atomic E-state index is -4.43. The minimum absolute atomic E-state index is 0.0226. The van der Waals surface area contributed by atoms with E-state index in [0.717, 1.165) is 12.1 Å². The average molecular weight is 429 g/mol. The zero-order chi connectivity index (χ0) is 21.5. The molecule has 1 amide bonds. The third-order valence-electron chi connectivity index (χ3n) is 4.69. The number of nitrogens with zero attached hydrogens (tertiary/aromatic N) is 2. The van der Waals surface area contributed by atoms with Crippen molar-refractivity contribution in [2.45, 2.75) is 19.1 Å². The van der Waals surface area contributed by atoms with Crippen LogP contribution in [0, 0.1) is 0 Å². The number of carbonyl (C=O) groups excluding carboxylic acids is 2. The van der Waals surface area contributed by atoms with E-state index in [-0.39, 0.29) is 29.3 Å². The Balaban J connectivity index is 1.75. The number of piperidine rings is 1. The van der Waals surface area contributed by atoms with Gasteiger partial charge in [-0.15, -0.1) is 0 Å². The Morgan fingerprint density at radius 1 is 1.20 bits per heavy atom. The second kappa shape index (κ2) is 7.49. The van der Waals surface area contributed by atoms with Crippen LogP contribution in [0.5, 0.6) is 0 Å². The van der Waals surface area contributed by atoms with Gasteiger partial charge in [0, 0.05) is 29.9 Å². The van der Waals surface area contributed by atoms with Gasteiger partial charge >= 0.3 is 6.18 Å². The second-order valence-corrected chi connectivity index (χ2v) is 7.31. The summed E-state index contributed by atoms with van der Waals surface area (Å²) in [6.45, 7) is 0.144. The summed E-state index contributed by atoms with van der Waals surface area (Å²) >= 11 is 4.89. The lowest BCUT2D eigenvalue weighted by Gasteiger charge is -2.14. The molecule has 1 aliphatic rings. The molecule has 1 N–H and O–H groups in total. The van der Waals surface area contributed by atoms with Crippen molar-refractivity contribution < 1.29 is 22.8 Å². The summed E-state index contributed by atoms with van der Waals surface area (Å²) in [6.07, 6.45) is 0.217. The molecule has 5 nitrogen and oxygen atoms in total. The first-order valence-electron chi connectivity index (χ1n) is 8.91. The standard InChI is InChI=1S/C21H14F3N3O2S/c22-21(23,24)14-4-1-3-12(7-14)10-27-11-13(15-5-2-6-25-19(15)27)8-16-17(28)9-18(30)26-20(16)29/h1-8,11H,9-10H2,(H,26,29,30)/b16-8-. The van der Waals surface area contributed by atoms with Crippen molar-refractivity contribution in [2.24, 2.45) is 0 Å². The highest BCUT2D eigenvalue weighted by molar-refractivity contribution is 7.80. The van der Waals surface area contributed by atoms with Gasteiger partial charge in [0.2, 0.25) is 0 Å². The summed E-state index contributed by atoms with van der Waals surface area (Å²) < 4.78 is 40.7. The number of amides is 1. The highest BCUT2D eigenvalue weighted by atomic mass is 32.1. The Labute approximate surface area is 174 Å². The molecular formula is C21H14F3N3O2S. The van der Waals surface area contributed by atoms with E-state index in [1.54, 1.807) is 35.2 Å². The number of Topliss-reactive ketones (excluding diaryl/α,β-unsaturated/α-hetero) is 1. The number of nitrogens with one attached hydrogen (secondary N) is 1. The molecule has 0 unspecified atom stereocenters. The molecule has 1 aromatic carbocycles. The van der Waals surface area contributed by atoms with Crippen molar-refractivity contribution >= 4 is 46.0 Å². The third kappa shape index (κ3) is 3.88. The van der Waals surface area contributed by atoms with Crippen molar-refractivity contribution in [1.29, 1.82) is 0 Å². The number of benzene rings is 1. The zero-order valence-electron chi connectivity index (χ0n) is 15.4. The number of rotatable bonds is 3. The SMILES string of the molecule is O=C1CC(=S)NC(=O)/C1=C\c1cn(Cc2cccc(C(F)(F)F)c2)c2ncccc12. The van der Waals surface area contributed by atoms with E-state index in [1.807, 2.05) is 0 Å². The summed E-state index contributed by atoms with van der Waals surface area (Å²) in [5.41, 5.74) is 0.790. The molecule has 1 aliphatic heterocycles. The molecule has 0 saturated carbocycles. The van der Waals surface area contributed by atoms with Crippen molar-refractivity contribution in [3.63, 3.8) is 0 Å². The molecule has 3 heterocycles. The number of pyridine rings is 1. The van der Waals surface area contributed by atoms with Gasteiger partial charge in [-0.2, -0.15) is 13.2 Å². The second-order valence-electron chi connectivity index (χ2n) is 6.82. The van der Waals surface area contributed by atoms with E-state index in [2.05, 4.69) is 10.3 Å². The number of hydrogen-bond donors (Lipinski definition) is 1. The fraction of sp³-hybridized carbons (Fsp3) is 0.143. The van der Waals surface area contributed by atoms with Crippen LogP contribution in [0.15, 0.2) is 54.4 Å². The molecule has 9 heteroatoms. The number of aromatic nitrogens is 2. The van der Waals surface area contributed by atoms with Crippen LogP contribution >= 0.6 is 12.2 Å². The number of fused-ring (bicyclic) bond motifs is 1. The van der Waals surface area contributed by atoms with E-state index in [0.29, 0.717) is 22.2 Å². The number of thiocarbonyl (C=S) groups is 1. The van der Waals surface area contributed by atoms with Gasteiger partial charge in [0.05, 0.1) is 22.5 Å². The molecule has 0 aliphatic carbocycles. The molecule has 0 spiro atoms. The predicted molar refractivity (Wildman–Crippen MR) is 109 cm³/mol. The Hall–Kier alpha value is -3.33. The minimum Gasteiger partial charge on any atom is -0.327 e. The van der Waals surface area contributed by atoms with Gasteiger partial charge in [-0.25, -0.2) is 4.98 Å². The van der Waals surface area contributed by atoms with Crippen LogP contribution in [0.3, 0.4) is 0 Å². The number of carbonyl (C=O) groups is 2. The van der Waals surface area contributed by atoms with Gasteiger partial charge in [-0.3, -0.25) is 9.59 Å². The topological polar surface area (TPSA) is 64.0 Å². The summed E-state index contributed by atoms with van der Waals surface area (Å²) in [4.78, 5) is 28.9. The zero-order valence-corrected chi connectivity index (χ0v) is 16.2. The molecule has 0 atom stereocenters. The fourth-order valence-electron chi connectivity index (χ4n) is 3.34. The van der Waals surface area contributed by atoms with Crippen LogP contribution in [0.25, 0.3) is 17.1 Å². The number of alkyl halides is 3. The Kier molecular flexibility index (Phi) is 4.98. The van der Waals surface area contributed by atoms with E-state index in [1.165, 1.54) is 12.1 Å². The lowest BCUT2D eigenvalue weighted by molar-refractivity contribution is -0.137. The molecule has 0 radical (unpaired) electrons. The maximum Gasteiger partial charge on any atom is 0.416 e. The van der Waals surface area contributed by atoms with Crippen LogP contribution in [0.2, 0.25) is 0 Å². The predicted octanol–water partition coefficient (Wildman–Crippen LogP) is 3.90. The largest absolute Gasteiger partial charge is 0.416 e. The molecule has 4 rings (SSSR count). The van der Waals surface area contributed by atoms with Crippen LogP contribution in [-0.2, 0) is 22.3 Å². The first kappa shape index (κ1) is 20.0. The summed E-state index contributed by atoms with van der Waals surface area (Å²) in [6, 6.07) is 8.54. The molecule has 30 heavy (non-hydrogen) atoms. The smallest absolute Gasteiger partial charge is 0.327 e. The first-order chi connectivity index (χ1) is 14.2. The lowest BCUT2D eigenvalue weighted by Crippen LogP contribution is -2.39. The third-order valence-corrected chi connectivity index (χ3v) is 4.94. The molecule has 3 aromatic rings. The van der Waals surface area contributed by atoms with Gasteiger partial charge < -0.3 is 9.88 Å². The van der Waals surface area contributed by atoms with E-state index >= 15 is 0 Å². The van der Waals surface area contributed by atoms with Crippen LogP contribution in [-0.4, -0.2) is 26.2 Å². The average Bonchev–Trinajstić information content (AvgIpc) is 3.02. The molecular weight excluding hydrogens is 415 g/mol. The Morgan fingerprint density at radius 3 is 2.73 bits per heavy atom. The number of halogens is 3.